The molecular weight excluding hydrogens is 314 g/mol. The number of nitro groups is 1. The van der Waals surface area contributed by atoms with Crippen molar-refractivity contribution >= 4 is 11.6 Å². The average Bonchev–Trinajstić information content (AvgIpc) is 3.17. The minimum Gasteiger partial charge on any atom is -0.339 e. The maximum Gasteiger partial charge on any atom is 0.307 e. The van der Waals surface area contributed by atoms with Crippen LogP contribution in [0, 0.1) is 10.1 Å². The molecule has 1 amide bonds. The fraction of sp³-hybridized carbons (Fsp3) is 0.500. The number of amides is 1. The molecule has 3 rings (SSSR count). The van der Waals surface area contributed by atoms with Gasteiger partial charge in [0.05, 0.1) is 11.1 Å². The van der Waals surface area contributed by atoms with Crippen molar-refractivity contribution in [2.45, 2.75) is 13.1 Å². The summed E-state index contributed by atoms with van der Waals surface area (Å²) >= 11 is 0. The van der Waals surface area contributed by atoms with Gasteiger partial charge in [-0.1, -0.05) is 0 Å². The average molecular weight is 333 g/mol. The monoisotopic (exact) mass is 333 g/mol. The number of aryl methyl sites for hydroxylation is 1. The molecule has 3 heterocycles. The summed E-state index contributed by atoms with van der Waals surface area (Å²) in [6.07, 6.45) is 6.26. The molecule has 2 aromatic heterocycles. The lowest BCUT2D eigenvalue weighted by Gasteiger charge is -2.34. The molecule has 10 heteroatoms. The van der Waals surface area contributed by atoms with E-state index in [1.807, 2.05) is 19.4 Å². The second-order valence-electron chi connectivity index (χ2n) is 5.83. The van der Waals surface area contributed by atoms with Gasteiger partial charge in [-0.25, -0.2) is 0 Å². The van der Waals surface area contributed by atoms with Gasteiger partial charge < -0.3 is 4.90 Å². The number of rotatable bonds is 5. The van der Waals surface area contributed by atoms with Crippen molar-refractivity contribution in [2.75, 3.05) is 26.2 Å². The molecule has 2 aromatic rings. The summed E-state index contributed by atoms with van der Waals surface area (Å²) in [7, 11) is 1.89. The van der Waals surface area contributed by atoms with E-state index in [0.29, 0.717) is 13.1 Å². The quantitative estimate of drug-likeness (QED) is 0.558. The van der Waals surface area contributed by atoms with Gasteiger partial charge in [-0.2, -0.15) is 10.2 Å². The van der Waals surface area contributed by atoms with Crippen LogP contribution in [-0.2, 0) is 24.9 Å². The molecule has 0 aliphatic carbocycles. The maximum atomic E-state index is 12.3. The fourth-order valence-electron chi connectivity index (χ4n) is 2.74. The third-order valence-electron chi connectivity index (χ3n) is 4.02. The van der Waals surface area contributed by atoms with E-state index in [9.17, 15) is 14.9 Å². The van der Waals surface area contributed by atoms with E-state index in [1.54, 1.807) is 9.58 Å². The highest BCUT2D eigenvalue weighted by atomic mass is 16.6. The Balaban J connectivity index is 1.48. The highest BCUT2D eigenvalue weighted by Crippen LogP contribution is 2.10. The summed E-state index contributed by atoms with van der Waals surface area (Å²) in [4.78, 5) is 26.4. The van der Waals surface area contributed by atoms with E-state index in [2.05, 4.69) is 15.1 Å². The molecule has 1 saturated heterocycles. The lowest BCUT2D eigenvalue weighted by molar-refractivity contribution is -0.385. The van der Waals surface area contributed by atoms with Crippen molar-refractivity contribution in [3.63, 3.8) is 0 Å². The van der Waals surface area contributed by atoms with Crippen LogP contribution in [0.2, 0.25) is 0 Å². The molecule has 1 aliphatic heterocycles. The number of hydrogen-bond acceptors (Lipinski definition) is 6. The molecule has 0 aromatic carbocycles. The minimum absolute atomic E-state index is 0.0243. The zero-order valence-corrected chi connectivity index (χ0v) is 13.4. The van der Waals surface area contributed by atoms with Gasteiger partial charge in [0.25, 0.3) is 0 Å². The van der Waals surface area contributed by atoms with E-state index in [0.717, 1.165) is 31.4 Å². The SMILES string of the molecule is Cn1cc(CN2CCN(C(=O)Cn3cc([N+](=O)[O-])cn3)CC2)cn1. The molecule has 0 bridgehead atoms. The number of carbonyl (C=O) groups is 1. The zero-order chi connectivity index (χ0) is 17.1. The van der Waals surface area contributed by atoms with Gasteiger partial charge in [0.15, 0.2) is 0 Å². The van der Waals surface area contributed by atoms with Gasteiger partial charge in [0.1, 0.15) is 18.9 Å². The summed E-state index contributed by atoms with van der Waals surface area (Å²) in [5.74, 6) is -0.0750. The molecule has 0 saturated carbocycles. The summed E-state index contributed by atoms with van der Waals surface area (Å²) in [6.45, 7) is 3.71. The van der Waals surface area contributed by atoms with E-state index in [4.69, 9.17) is 0 Å². The number of piperazine rings is 1. The maximum absolute atomic E-state index is 12.3. The van der Waals surface area contributed by atoms with Crippen LogP contribution >= 0.6 is 0 Å². The fourth-order valence-corrected chi connectivity index (χ4v) is 2.74. The molecule has 1 aliphatic rings. The molecule has 24 heavy (non-hydrogen) atoms. The number of hydrogen-bond donors (Lipinski definition) is 0. The molecule has 10 nitrogen and oxygen atoms in total. The molecular formula is C14H19N7O3. The molecule has 0 atom stereocenters. The highest BCUT2D eigenvalue weighted by Gasteiger charge is 2.22. The topological polar surface area (TPSA) is 102 Å². The molecule has 0 spiro atoms. The Morgan fingerprint density at radius 2 is 1.96 bits per heavy atom. The van der Waals surface area contributed by atoms with Crippen LogP contribution < -0.4 is 0 Å². The van der Waals surface area contributed by atoms with Gasteiger partial charge in [0, 0.05) is 51.5 Å². The summed E-state index contributed by atoms with van der Waals surface area (Å²) in [6, 6.07) is 0. The Labute approximate surface area is 138 Å². The van der Waals surface area contributed by atoms with E-state index >= 15 is 0 Å². The molecule has 0 unspecified atom stereocenters. The first kappa shape index (κ1) is 16.1. The Kier molecular flexibility index (Phi) is 4.56. The third-order valence-corrected chi connectivity index (χ3v) is 4.02. The minimum atomic E-state index is -0.523. The smallest absolute Gasteiger partial charge is 0.307 e. The molecule has 0 N–H and O–H groups in total. The Bertz CT molecular complexity index is 730. The largest absolute Gasteiger partial charge is 0.339 e. The van der Waals surface area contributed by atoms with Gasteiger partial charge >= 0.3 is 5.69 Å². The Morgan fingerprint density at radius 3 is 2.54 bits per heavy atom. The predicted molar refractivity (Wildman–Crippen MR) is 83.9 cm³/mol. The lowest BCUT2D eigenvalue weighted by atomic mass is 10.2. The predicted octanol–water partition coefficient (Wildman–Crippen LogP) is -0.131. The van der Waals surface area contributed by atoms with Gasteiger partial charge in [-0.05, 0) is 0 Å². The Hall–Kier alpha value is -2.75. The first-order valence-corrected chi connectivity index (χ1v) is 7.66. The normalized spacial score (nSPS) is 15.6. The van der Waals surface area contributed by atoms with E-state index in [1.165, 1.54) is 10.9 Å². The van der Waals surface area contributed by atoms with Crippen molar-refractivity contribution in [1.29, 1.82) is 0 Å². The van der Waals surface area contributed by atoms with Crippen LogP contribution in [0.15, 0.2) is 24.8 Å². The van der Waals surface area contributed by atoms with Crippen LogP contribution in [-0.4, -0.2) is 66.4 Å². The van der Waals surface area contributed by atoms with Gasteiger partial charge in [-0.3, -0.25) is 29.2 Å². The zero-order valence-electron chi connectivity index (χ0n) is 13.4. The summed E-state index contributed by atoms with van der Waals surface area (Å²) in [5.41, 5.74) is 1.05. The van der Waals surface area contributed by atoms with Crippen LogP contribution in [0.1, 0.15) is 5.56 Å². The molecule has 0 radical (unpaired) electrons. The van der Waals surface area contributed by atoms with E-state index in [-0.39, 0.29) is 18.1 Å². The van der Waals surface area contributed by atoms with Crippen molar-refractivity contribution in [1.82, 2.24) is 29.4 Å². The Morgan fingerprint density at radius 1 is 1.21 bits per heavy atom. The van der Waals surface area contributed by atoms with Crippen LogP contribution in [0.25, 0.3) is 0 Å². The van der Waals surface area contributed by atoms with Crippen LogP contribution in [0.3, 0.4) is 0 Å². The van der Waals surface area contributed by atoms with Crippen molar-refractivity contribution in [3.05, 3.63) is 40.5 Å². The summed E-state index contributed by atoms with van der Waals surface area (Å²) in [5, 5.41) is 18.6. The van der Waals surface area contributed by atoms with Gasteiger partial charge in [-0.15, -0.1) is 0 Å². The first-order valence-electron chi connectivity index (χ1n) is 7.66. The number of aromatic nitrogens is 4. The second-order valence-corrected chi connectivity index (χ2v) is 5.83. The standard InChI is InChI=1S/C14H19N7O3/c1-17-8-12(6-15-17)9-18-2-4-19(5-3-18)14(22)11-20-10-13(7-16-20)21(23)24/h6-8,10H,2-5,9,11H2,1H3. The van der Waals surface area contributed by atoms with Crippen LogP contribution in [0.5, 0.6) is 0 Å². The molecule has 1 fully saturated rings. The second kappa shape index (κ2) is 6.79. The number of carbonyl (C=O) groups excluding carboxylic acids is 1. The first-order chi connectivity index (χ1) is 11.5. The third kappa shape index (κ3) is 3.77. The van der Waals surface area contributed by atoms with Crippen molar-refractivity contribution < 1.29 is 9.72 Å². The highest BCUT2D eigenvalue weighted by molar-refractivity contribution is 5.76. The molecule has 128 valence electrons. The lowest BCUT2D eigenvalue weighted by Crippen LogP contribution is -2.49. The van der Waals surface area contributed by atoms with Gasteiger partial charge in [0.2, 0.25) is 5.91 Å². The summed E-state index contributed by atoms with van der Waals surface area (Å²) < 4.78 is 3.08. The van der Waals surface area contributed by atoms with Crippen LogP contribution in [0.4, 0.5) is 5.69 Å². The van der Waals surface area contributed by atoms with Crippen molar-refractivity contribution in [2.24, 2.45) is 7.05 Å². The van der Waals surface area contributed by atoms with E-state index < -0.39 is 4.92 Å². The van der Waals surface area contributed by atoms with Crippen molar-refractivity contribution in [3.8, 4) is 0 Å². The number of nitrogens with zero attached hydrogens (tertiary/aromatic N) is 7.